The Morgan fingerprint density at radius 2 is 2.00 bits per heavy atom. The summed E-state index contributed by atoms with van der Waals surface area (Å²) in [5.41, 5.74) is 0. The Kier molecular flexibility index (Phi) is 7.82. The number of carbonyl (C=O) groups excluding carboxylic acids is 1. The van der Waals surface area contributed by atoms with Crippen molar-refractivity contribution in [2.24, 2.45) is 0 Å². The maximum atomic E-state index is 11.6. The van der Waals surface area contributed by atoms with E-state index in [0.717, 1.165) is 6.42 Å². The molecule has 0 rings (SSSR count). The van der Waals surface area contributed by atoms with E-state index in [4.69, 9.17) is 5.11 Å². The summed E-state index contributed by atoms with van der Waals surface area (Å²) >= 11 is 1.67. The normalized spacial score (nSPS) is 12.9. The van der Waals surface area contributed by atoms with Gasteiger partial charge in [0.2, 0.25) is 0 Å². The standard InChI is InChI=1S/C12H24N2O3S/c1-5-6-9(7-10(15)16)14-11(17)13-8-12(2,3)18-4/h9H,5-8H2,1-4H3,(H,15,16)(H2,13,14,17). The van der Waals surface area contributed by atoms with Crippen LogP contribution in [0.1, 0.15) is 40.0 Å². The molecule has 3 N–H and O–H groups in total. The molecule has 0 heterocycles. The number of hydrogen-bond acceptors (Lipinski definition) is 3. The van der Waals surface area contributed by atoms with E-state index in [-0.39, 0.29) is 23.2 Å². The average Bonchev–Trinajstić information content (AvgIpc) is 2.26. The fraction of sp³-hybridized carbons (Fsp3) is 0.833. The SMILES string of the molecule is CCCC(CC(=O)O)NC(=O)NCC(C)(C)SC. The quantitative estimate of drug-likeness (QED) is 0.634. The van der Waals surface area contributed by atoms with Gasteiger partial charge in [0.15, 0.2) is 0 Å². The van der Waals surface area contributed by atoms with Crippen LogP contribution in [0.5, 0.6) is 0 Å². The third kappa shape index (κ3) is 8.22. The molecule has 2 amide bonds. The first-order valence-corrected chi connectivity index (χ1v) is 7.34. The molecule has 5 nitrogen and oxygen atoms in total. The van der Waals surface area contributed by atoms with E-state index in [9.17, 15) is 9.59 Å². The van der Waals surface area contributed by atoms with Crippen molar-refractivity contribution in [3.05, 3.63) is 0 Å². The summed E-state index contributed by atoms with van der Waals surface area (Å²) in [6.45, 7) is 6.59. The lowest BCUT2D eigenvalue weighted by molar-refractivity contribution is -0.137. The monoisotopic (exact) mass is 276 g/mol. The molecule has 0 aromatic carbocycles. The molecule has 1 unspecified atom stereocenters. The van der Waals surface area contributed by atoms with Gasteiger partial charge >= 0.3 is 12.0 Å². The van der Waals surface area contributed by atoms with Crippen LogP contribution in [0.25, 0.3) is 0 Å². The van der Waals surface area contributed by atoms with Crippen molar-refractivity contribution >= 4 is 23.8 Å². The van der Waals surface area contributed by atoms with Crippen LogP contribution in [-0.2, 0) is 4.79 Å². The van der Waals surface area contributed by atoms with Crippen molar-refractivity contribution in [1.82, 2.24) is 10.6 Å². The molecule has 0 saturated heterocycles. The number of amides is 2. The molecule has 0 aromatic rings. The van der Waals surface area contributed by atoms with E-state index < -0.39 is 5.97 Å². The minimum Gasteiger partial charge on any atom is -0.481 e. The van der Waals surface area contributed by atoms with Crippen molar-refractivity contribution in [2.45, 2.75) is 50.8 Å². The summed E-state index contributed by atoms with van der Waals surface area (Å²) in [4.78, 5) is 22.3. The molecule has 106 valence electrons. The fourth-order valence-electron chi connectivity index (χ4n) is 1.39. The molecule has 0 aromatic heterocycles. The maximum absolute atomic E-state index is 11.6. The van der Waals surface area contributed by atoms with E-state index in [2.05, 4.69) is 10.6 Å². The average molecular weight is 276 g/mol. The minimum atomic E-state index is -0.891. The van der Waals surface area contributed by atoms with Crippen LogP contribution in [-0.4, -0.2) is 40.7 Å². The van der Waals surface area contributed by atoms with E-state index in [0.29, 0.717) is 13.0 Å². The van der Waals surface area contributed by atoms with Gasteiger partial charge in [-0.25, -0.2) is 4.79 Å². The van der Waals surface area contributed by atoms with Gasteiger partial charge < -0.3 is 15.7 Å². The van der Waals surface area contributed by atoms with E-state index >= 15 is 0 Å². The molecule has 0 aliphatic rings. The molecule has 0 bridgehead atoms. The lowest BCUT2D eigenvalue weighted by Crippen LogP contribution is -2.46. The van der Waals surface area contributed by atoms with Gasteiger partial charge in [-0.2, -0.15) is 11.8 Å². The van der Waals surface area contributed by atoms with Crippen LogP contribution in [0.4, 0.5) is 4.79 Å². The highest BCUT2D eigenvalue weighted by molar-refractivity contribution is 7.99. The van der Waals surface area contributed by atoms with Crippen molar-refractivity contribution in [3.8, 4) is 0 Å². The second-order valence-corrected chi connectivity index (χ2v) is 6.39. The van der Waals surface area contributed by atoms with Crippen LogP contribution >= 0.6 is 11.8 Å². The molecular formula is C12H24N2O3S. The maximum Gasteiger partial charge on any atom is 0.315 e. The summed E-state index contributed by atoms with van der Waals surface area (Å²) in [6.07, 6.45) is 3.47. The predicted octanol–water partition coefficient (Wildman–Crippen LogP) is 2.07. The molecule has 0 saturated carbocycles. The lowest BCUT2D eigenvalue weighted by atomic mass is 10.1. The zero-order valence-corrected chi connectivity index (χ0v) is 12.4. The van der Waals surface area contributed by atoms with Gasteiger partial charge in [-0.05, 0) is 26.5 Å². The van der Waals surface area contributed by atoms with Crippen LogP contribution in [0.2, 0.25) is 0 Å². The summed E-state index contributed by atoms with van der Waals surface area (Å²) in [6, 6.07) is -0.596. The molecule has 0 radical (unpaired) electrons. The second kappa shape index (κ2) is 8.24. The Labute approximate surface area is 113 Å². The van der Waals surface area contributed by atoms with Gasteiger partial charge in [0, 0.05) is 17.3 Å². The van der Waals surface area contributed by atoms with Gasteiger partial charge in [0.1, 0.15) is 0 Å². The minimum absolute atomic E-state index is 0.0234. The molecule has 0 fully saturated rings. The van der Waals surface area contributed by atoms with E-state index in [1.165, 1.54) is 0 Å². The van der Waals surface area contributed by atoms with Crippen LogP contribution in [0.3, 0.4) is 0 Å². The molecule has 1 atom stereocenters. The molecule has 0 spiro atoms. The number of carboxylic acid groups (broad SMARTS) is 1. The molecule has 18 heavy (non-hydrogen) atoms. The van der Waals surface area contributed by atoms with Crippen molar-refractivity contribution in [1.29, 1.82) is 0 Å². The summed E-state index contributed by atoms with van der Waals surface area (Å²) in [5, 5.41) is 14.2. The third-order valence-electron chi connectivity index (χ3n) is 2.62. The van der Waals surface area contributed by atoms with Gasteiger partial charge in [-0.15, -0.1) is 0 Å². The number of thioether (sulfide) groups is 1. The Morgan fingerprint density at radius 1 is 1.39 bits per heavy atom. The topological polar surface area (TPSA) is 78.4 Å². The molecule has 6 heteroatoms. The highest BCUT2D eigenvalue weighted by atomic mass is 32.2. The number of rotatable bonds is 8. The first-order valence-electron chi connectivity index (χ1n) is 6.12. The molecule has 0 aliphatic heterocycles. The number of hydrogen-bond donors (Lipinski definition) is 3. The zero-order valence-electron chi connectivity index (χ0n) is 11.6. The van der Waals surface area contributed by atoms with Crippen LogP contribution in [0, 0.1) is 0 Å². The Balaban J connectivity index is 4.13. The van der Waals surface area contributed by atoms with E-state index in [1.807, 2.05) is 27.0 Å². The van der Waals surface area contributed by atoms with Crippen molar-refractivity contribution in [2.75, 3.05) is 12.8 Å². The zero-order chi connectivity index (χ0) is 14.2. The Morgan fingerprint density at radius 3 is 2.44 bits per heavy atom. The second-order valence-electron chi connectivity index (χ2n) is 4.87. The Bertz CT molecular complexity index is 282. The smallest absolute Gasteiger partial charge is 0.315 e. The van der Waals surface area contributed by atoms with Crippen LogP contribution < -0.4 is 10.6 Å². The molecular weight excluding hydrogens is 252 g/mol. The molecule has 0 aliphatic carbocycles. The highest BCUT2D eigenvalue weighted by Crippen LogP contribution is 2.19. The summed E-state index contributed by atoms with van der Waals surface area (Å²) in [5.74, 6) is -0.891. The van der Waals surface area contributed by atoms with Gasteiger partial charge in [0.25, 0.3) is 0 Å². The Hall–Kier alpha value is -0.910. The number of carboxylic acids is 1. The predicted molar refractivity (Wildman–Crippen MR) is 75.1 cm³/mol. The first-order chi connectivity index (χ1) is 8.30. The van der Waals surface area contributed by atoms with Gasteiger partial charge in [-0.1, -0.05) is 13.3 Å². The number of urea groups is 1. The summed E-state index contributed by atoms with van der Waals surface area (Å²) < 4.78 is -0.0234. The van der Waals surface area contributed by atoms with Gasteiger partial charge in [-0.3, -0.25) is 4.79 Å². The van der Waals surface area contributed by atoms with Crippen LogP contribution in [0.15, 0.2) is 0 Å². The highest BCUT2D eigenvalue weighted by Gasteiger charge is 2.19. The lowest BCUT2D eigenvalue weighted by Gasteiger charge is -2.23. The number of carbonyl (C=O) groups is 2. The van der Waals surface area contributed by atoms with Gasteiger partial charge in [0.05, 0.1) is 6.42 Å². The van der Waals surface area contributed by atoms with Crippen molar-refractivity contribution < 1.29 is 14.7 Å². The van der Waals surface area contributed by atoms with E-state index in [1.54, 1.807) is 11.8 Å². The summed E-state index contributed by atoms with van der Waals surface area (Å²) in [7, 11) is 0. The largest absolute Gasteiger partial charge is 0.481 e. The fourth-order valence-corrected chi connectivity index (χ4v) is 1.60. The number of aliphatic carboxylic acids is 1. The first kappa shape index (κ1) is 17.1. The van der Waals surface area contributed by atoms with Crippen molar-refractivity contribution in [3.63, 3.8) is 0 Å². The third-order valence-corrected chi connectivity index (χ3v) is 3.87. The number of nitrogens with one attached hydrogen (secondary N) is 2.